The molecule has 7 nitrogen and oxygen atoms in total. The number of amides is 2. The number of ether oxygens (including phenoxy) is 2. The first-order valence-electron chi connectivity index (χ1n) is 11.1. The molecule has 0 unspecified atom stereocenters. The predicted molar refractivity (Wildman–Crippen MR) is 136 cm³/mol. The topological polar surface area (TPSA) is 80.2 Å². The summed E-state index contributed by atoms with van der Waals surface area (Å²) < 4.78 is 46.7. The van der Waals surface area contributed by atoms with E-state index in [0.717, 1.165) is 22.2 Å². The Morgan fingerprint density at radius 3 is 2.38 bits per heavy atom. The van der Waals surface area contributed by atoms with Crippen molar-refractivity contribution in [1.29, 1.82) is 0 Å². The maximum absolute atomic E-state index is 13.2. The second-order valence-electron chi connectivity index (χ2n) is 7.85. The van der Waals surface area contributed by atoms with Crippen LogP contribution in [0.4, 0.5) is 24.5 Å². The molecular formula is C26H22F3N3O4S. The van der Waals surface area contributed by atoms with Crippen molar-refractivity contribution < 1.29 is 32.2 Å². The van der Waals surface area contributed by atoms with Crippen LogP contribution in [0.3, 0.4) is 0 Å². The Balaban J connectivity index is 1.54. The smallest absolute Gasteiger partial charge is 0.495 e. The number of rotatable bonds is 7. The number of halogens is 3. The minimum Gasteiger partial charge on any atom is -0.495 e. The van der Waals surface area contributed by atoms with Crippen molar-refractivity contribution in [3.05, 3.63) is 84.4 Å². The van der Waals surface area contributed by atoms with Gasteiger partial charge < -0.3 is 14.8 Å². The van der Waals surface area contributed by atoms with Gasteiger partial charge >= 0.3 is 6.36 Å². The lowest BCUT2D eigenvalue weighted by Gasteiger charge is -2.18. The van der Waals surface area contributed by atoms with E-state index < -0.39 is 17.5 Å². The van der Waals surface area contributed by atoms with Crippen molar-refractivity contribution in [3.8, 4) is 11.5 Å². The lowest BCUT2D eigenvalue weighted by Crippen LogP contribution is -2.32. The van der Waals surface area contributed by atoms with Crippen LogP contribution in [0.15, 0.2) is 83.9 Å². The third kappa shape index (κ3) is 6.82. The van der Waals surface area contributed by atoms with Crippen LogP contribution in [0.1, 0.15) is 12.0 Å². The van der Waals surface area contributed by atoms with Crippen molar-refractivity contribution >= 4 is 40.1 Å². The molecule has 3 aromatic rings. The van der Waals surface area contributed by atoms with Gasteiger partial charge in [-0.05, 0) is 42.0 Å². The van der Waals surface area contributed by atoms with Gasteiger partial charge in [0.2, 0.25) is 11.8 Å². The molecule has 1 fully saturated rings. The largest absolute Gasteiger partial charge is 0.573 e. The molecule has 1 aliphatic heterocycles. The van der Waals surface area contributed by atoms with E-state index in [1.807, 2.05) is 30.3 Å². The molecule has 192 valence electrons. The molecule has 0 spiro atoms. The highest BCUT2D eigenvalue weighted by Gasteiger charge is 2.42. The van der Waals surface area contributed by atoms with Crippen LogP contribution in [0, 0.1) is 0 Å². The summed E-state index contributed by atoms with van der Waals surface area (Å²) in [6, 6.07) is 21.3. The van der Waals surface area contributed by atoms with Crippen molar-refractivity contribution in [1.82, 2.24) is 0 Å². The second-order valence-corrected chi connectivity index (χ2v) is 9.05. The number of amidine groups is 1. The van der Waals surface area contributed by atoms with Gasteiger partial charge in [-0.1, -0.05) is 54.2 Å². The zero-order chi connectivity index (χ0) is 26.4. The highest BCUT2D eigenvalue weighted by atomic mass is 32.2. The molecule has 1 atom stereocenters. The molecule has 1 saturated heterocycles. The molecule has 3 aromatic carbocycles. The summed E-state index contributed by atoms with van der Waals surface area (Å²) in [5.74, 6) is -0.754. The van der Waals surface area contributed by atoms with Gasteiger partial charge in [0, 0.05) is 12.1 Å². The van der Waals surface area contributed by atoms with Crippen LogP contribution >= 0.6 is 11.8 Å². The number of carbonyl (C=O) groups is 2. The van der Waals surface area contributed by atoms with Gasteiger partial charge in [0.05, 0.1) is 19.3 Å². The summed E-state index contributed by atoms with van der Waals surface area (Å²) in [7, 11) is 1.46. The average molecular weight is 530 g/mol. The Kier molecular flexibility index (Phi) is 8.02. The number of nitrogens with one attached hydrogen (secondary N) is 1. The van der Waals surface area contributed by atoms with Crippen LogP contribution in [0.25, 0.3) is 0 Å². The number of nitrogens with zero attached hydrogens (tertiary/aromatic N) is 2. The van der Waals surface area contributed by atoms with Crippen LogP contribution in [-0.2, 0) is 16.1 Å². The number of hydrogen-bond donors (Lipinski definition) is 1. The molecule has 0 aliphatic carbocycles. The number of hydrogen-bond acceptors (Lipinski definition) is 6. The van der Waals surface area contributed by atoms with E-state index in [-0.39, 0.29) is 24.6 Å². The molecule has 1 heterocycles. The molecule has 2 amide bonds. The predicted octanol–water partition coefficient (Wildman–Crippen LogP) is 5.63. The quantitative estimate of drug-likeness (QED) is 0.243. The maximum Gasteiger partial charge on any atom is 0.573 e. The number of alkyl halides is 3. The molecule has 1 N–H and O–H groups in total. The van der Waals surface area contributed by atoms with E-state index in [9.17, 15) is 22.8 Å². The fraction of sp³-hybridized carbons (Fsp3) is 0.192. The van der Waals surface area contributed by atoms with Gasteiger partial charge in [0.1, 0.15) is 16.7 Å². The van der Waals surface area contributed by atoms with E-state index in [1.165, 1.54) is 31.4 Å². The summed E-state index contributed by atoms with van der Waals surface area (Å²) in [4.78, 5) is 31.7. The molecule has 0 saturated carbocycles. The number of imide groups is 1. The monoisotopic (exact) mass is 529 g/mol. The summed E-state index contributed by atoms with van der Waals surface area (Å²) in [6.45, 7) is 0.288. The first-order chi connectivity index (χ1) is 17.7. The van der Waals surface area contributed by atoms with Gasteiger partial charge in [-0.25, -0.2) is 4.90 Å². The Hall–Kier alpha value is -3.99. The van der Waals surface area contributed by atoms with Crippen LogP contribution < -0.4 is 19.7 Å². The summed E-state index contributed by atoms with van der Waals surface area (Å²) in [5, 5.41) is 2.63. The van der Waals surface area contributed by atoms with Gasteiger partial charge in [0.25, 0.3) is 0 Å². The molecule has 1 aliphatic rings. The second kappa shape index (κ2) is 11.4. The van der Waals surface area contributed by atoms with Crippen molar-refractivity contribution in [2.75, 3.05) is 17.3 Å². The number of para-hydroxylation sites is 2. The zero-order valence-electron chi connectivity index (χ0n) is 19.6. The molecule has 37 heavy (non-hydrogen) atoms. The van der Waals surface area contributed by atoms with E-state index >= 15 is 0 Å². The van der Waals surface area contributed by atoms with E-state index in [0.29, 0.717) is 22.3 Å². The summed E-state index contributed by atoms with van der Waals surface area (Å²) in [6.07, 6.45) is -4.85. The molecule has 4 rings (SSSR count). The number of carbonyl (C=O) groups excluding carboxylic acids is 2. The number of benzene rings is 3. The Labute approximate surface area is 215 Å². The van der Waals surface area contributed by atoms with Crippen molar-refractivity contribution in [2.45, 2.75) is 24.6 Å². The van der Waals surface area contributed by atoms with Crippen molar-refractivity contribution in [3.63, 3.8) is 0 Å². The van der Waals surface area contributed by atoms with Gasteiger partial charge in [-0.2, -0.15) is 0 Å². The van der Waals surface area contributed by atoms with Crippen LogP contribution in [-0.4, -0.2) is 35.7 Å². The average Bonchev–Trinajstić information content (AvgIpc) is 3.15. The van der Waals surface area contributed by atoms with E-state index in [2.05, 4.69) is 15.0 Å². The standard InChI is InChI=1S/C26H22F3N3O4S/c1-35-21-10-6-5-9-20(21)32-23(33)15-22(24(32)34)37-25(30-16-17-7-3-2-4-8-17)31-18-11-13-19(14-12-18)36-26(27,28)29/h2-14,22H,15-16H2,1H3,(H,30,31)/t22-/m1/s1. The first-order valence-corrected chi connectivity index (χ1v) is 12.0. The van der Waals surface area contributed by atoms with Crippen LogP contribution in [0.2, 0.25) is 0 Å². The number of aliphatic imine (C=N–C) groups is 1. The Morgan fingerprint density at radius 2 is 1.70 bits per heavy atom. The molecule has 11 heteroatoms. The van der Waals surface area contributed by atoms with Crippen molar-refractivity contribution in [2.24, 2.45) is 4.99 Å². The molecule has 0 aromatic heterocycles. The number of thioether (sulfide) groups is 1. The minimum atomic E-state index is -4.80. The lowest BCUT2D eigenvalue weighted by atomic mass is 10.2. The molecule has 0 bridgehead atoms. The molecular weight excluding hydrogens is 507 g/mol. The van der Waals surface area contributed by atoms with E-state index in [1.54, 1.807) is 24.3 Å². The Morgan fingerprint density at radius 1 is 1.03 bits per heavy atom. The third-order valence-electron chi connectivity index (χ3n) is 5.27. The van der Waals surface area contributed by atoms with Gasteiger partial charge in [-0.15, -0.1) is 13.2 Å². The number of anilines is 2. The fourth-order valence-electron chi connectivity index (χ4n) is 3.61. The fourth-order valence-corrected chi connectivity index (χ4v) is 4.63. The first kappa shape index (κ1) is 26.1. The maximum atomic E-state index is 13.2. The highest BCUT2D eigenvalue weighted by Crippen LogP contribution is 2.36. The van der Waals surface area contributed by atoms with Crippen LogP contribution in [0.5, 0.6) is 11.5 Å². The molecule has 0 radical (unpaired) electrons. The van der Waals surface area contributed by atoms with Gasteiger partial charge in [0.15, 0.2) is 5.17 Å². The lowest BCUT2D eigenvalue weighted by molar-refractivity contribution is -0.274. The summed E-state index contributed by atoms with van der Waals surface area (Å²) >= 11 is 1.08. The number of methoxy groups -OCH3 is 1. The summed E-state index contributed by atoms with van der Waals surface area (Å²) in [5.41, 5.74) is 1.71. The minimum absolute atomic E-state index is 0.0497. The normalized spacial score (nSPS) is 16.2. The SMILES string of the molecule is COc1ccccc1N1C(=O)C[C@@H](SC(=NCc2ccccc2)Nc2ccc(OC(F)(F)F)cc2)C1=O. The van der Waals surface area contributed by atoms with Gasteiger partial charge in [-0.3, -0.25) is 14.6 Å². The third-order valence-corrected chi connectivity index (χ3v) is 6.38. The Bertz CT molecular complexity index is 1280. The zero-order valence-corrected chi connectivity index (χ0v) is 20.4. The highest BCUT2D eigenvalue weighted by molar-refractivity contribution is 8.15. The van der Waals surface area contributed by atoms with E-state index in [4.69, 9.17) is 4.74 Å².